The number of rotatable bonds is 8. The summed E-state index contributed by atoms with van der Waals surface area (Å²) < 4.78 is 5.28. The molecule has 2 nitrogen and oxygen atoms in total. The van der Waals surface area contributed by atoms with Crippen molar-refractivity contribution in [3.05, 3.63) is 29.8 Å². The third-order valence-electron chi connectivity index (χ3n) is 2.63. The average Bonchev–Trinajstić information content (AvgIpc) is 2.39. The van der Waals surface area contributed by atoms with Crippen molar-refractivity contribution in [3.8, 4) is 5.75 Å². The average molecular weight is 253 g/mol. The molecule has 1 rings (SSSR count). The highest BCUT2D eigenvalue weighted by molar-refractivity contribution is 7.99. The maximum absolute atomic E-state index is 5.28. The molecule has 0 amide bonds. The molecular weight excluding hydrogens is 230 g/mol. The normalized spacial score (nSPS) is 12.4. The summed E-state index contributed by atoms with van der Waals surface area (Å²) in [7, 11) is 1.72. The summed E-state index contributed by atoms with van der Waals surface area (Å²) in [5.74, 6) is 3.21. The fraction of sp³-hybridized carbons (Fsp3) is 0.571. The van der Waals surface area contributed by atoms with E-state index in [1.165, 1.54) is 5.56 Å². The van der Waals surface area contributed by atoms with Crippen LogP contribution < -0.4 is 10.1 Å². The lowest BCUT2D eigenvalue weighted by Gasteiger charge is -2.19. The molecule has 1 N–H and O–H groups in total. The van der Waals surface area contributed by atoms with Crippen LogP contribution in [0.15, 0.2) is 24.3 Å². The predicted molar refractivity (Wildman–Crippen MR) is 77.0 cm³/mol. The second kappa shape index (κ2) is 8.43. The van der Waals surface area contributed by atoms with Gasteiger partial charge in [0.05, 0.1) is 7.11 Å². The smallest absolute Gasteiger partial charge is 0.119 e. The van der Waals surface area contributed by atoms with Gasteiger partial charge in [-0.25, -0.2) is 0 Å². The van der Waals surface area contributed by atoms with Gasteiger partial charge >= 0.3 is 0 Å². The maximum Gasteiger partial charge on any atom is 0.119 e. The third-order valence-corrected chi connectivity index (χ3v) is 3.60. The number of methoxy groups -OCH3 is 1. The second-order valence-corrected chi connectivity index (χ2v) is 5.26. The first kappa shape index (κ1) is 14.4. The SMILES string of the molecule is CCCNC(CSCC)c1cccc(OC)c1. The van der Waals surface area contributed by atoms with Gasteiger partial charge in [-0.05, 0) is 36.4 Å². The number of thioether (sulfide) groups is 1. The lowest BCUT2D eigenvalue weighted by molar-refractivity contribution is 0.413. The number of ether oxygens (including phenoxy) is 1. The molecule has 0 fully saturated rings. The van der Waals surface area contributed by atoms with Crippen LogP contribution in [0.5, 0.6) is 5.75 Å². The van der Waals surface area contributed by atoms with Crippen molar-refractivity contribution in [1.29, 1.82) is 0 Å². The standard InChI is InChI=1S/C14H23NOS/c1-4-9-15-14(11-17-5-2)12-7-6-8-13(10-12)16-3/h6-8,10,14-15H,4-5,9,11H2,1-3H3. The van der Waals surface area contributed by atoms with Gasteiger partial charge in [0, 0.05) is 11.8 Å². The van der Waals surface area contributed by atoms with Crippen LogP contribution in [0.3, 0.4) is 0 Å². The van der Waals surface area contributed by atoms with E-state index in [-0.39, 0.29) is 0 Å². The molecule has 0 saturated carbocycles. The summed E-state index contributed by atoms with van der Waals surface area (Å²) >= 11 is 1.97. The Labute approximate surface area is 109 Å². The summed E-state index contributed by atoms with van der Waals surface area (Å²) in [4.78, 5) is 0. The van der Waals surface area contributed by atoms with Crippen molar-refractivity contribution >= 4 is 11.8 Å². The Morgan fingerprint density at radius 1 is 1.35 bits per heavy atom. The molecule has 0 aliphatic rings. The second-order valence-electron chi connectivity index (χ2n) is 3.94. The van der Waals surface area contributed by atoms with E-state index in [2.05, 4.69) is 37.4 Å². The predicted octanol–water partition coefficient (Wildman–Crippen LogP) is 3.49. The van der Waals surface area contributed by atoms with Crippen LogP contribution in [0.25, 0.3) is 0 Å². The fourth-order valence-corrected chi connectivity index (χ4v) is 2.47. The van der Waals surface area contributed by atoms with Crippen LogP contribution in [0, 0.1) is 0 Å². The van der Waals surface area contributed by atoms with Crippen LogP contribution in [-0.2, 0) is 0 Å². The van der Waals surface area contributed by atoms with Crippen molar-refractivity contribution < 1.29 is 4.74 Å². The van der Waals surface area contributed by atoms with Crippen molar-refractivity contribution in [2.75, 3.05) is 25.2 Å². The molecular formula is C14H23NOS. The van der Waals surface area contributed by atoms with E-state index in [0.29, 0.717) is 6.04 Å². The highest BCUT2D eigenvalue weighted by Crippen LogP contribution is 2.22. The fourth-order valence-electron chi connectivity index (χ4n) is 1.69. The zero-order chi connectivity index (χ0) is 12.5. The molecule has 0 aliphatic heterocycles. The van der Waals surface area contributed by atoms with Crippen LogP contribution in [0.1, 0.15) is 31.9 Å². The highest BCUT2D eigenvalue weighted by Gasteiger charge is 2.10. The van der Waals surface area contributed by atoms with Crippen molar-refractivity contribution in [2.24, 2.45) is 0 Å². The number of hydrogen-bond donors (Lipinski definition) is 1. The van der Waals surface area contributed by atoms with Crippen molar-refractivity contribution in [2.45, 2.75) is 26.3 Å². The molecule has 96 valence electrons. The highest BCUT2D eigenvalue weighted by atomic mass is 32.2. The molecule has 1 aromatic rings. The topological polar surface area (TPSA) is 21.3 Å². The van der Waals surface area contributed by atoms with E-state index in [9.17, 15) is 0 Å². The molecule has 0 saturated heterocycles. The molecule has 0 radical (unpaired) electrons. The number of nitrogens with one attached hydrogen (secondary N) is 1. The Morgan fingerprint density at radius 2 is 2.18 bits per heavy atom. The Balaban J connectivity index is 2.71. The maximum atomic E-state index is 5.28. The first-order chi connectivity index (χ1) is 8.31. The Hall–Kier alpha value is -0.670. The summed E-state index contributed by atoms with van der Waals surface area (Å²) in [5, 5.41) is 3.60. The van der Waals surface area contributed by atoms with Gasteiger partial charge in [0.2, 0.25) is 0 Å². The molecule has 1 aromatic carbocycles. The monoisotopic (exact) mass is 253 g/mol. The van der Waals surface area contributed by atoms with Gasteiger partial charge in [0.25, 0.3) is 0 Å². The lowest BCUT2D eigenvalue weighted by Crippen LogP contribution is -2.24. The van der Waals surface area contributed by atoms with Crippen LogP contribution in [0.4, 0.5) is 0 Å². The molecule has 0 aliphatic carbocycles. The molecule has 3 heteroatoms. The van der Waals surface area contributed by atoms with Crippen LogP contribution in [0.2, 0.25) is 0 Å². The van der Waals surface area contributed by atoms with Gasteiger partial charge in [-0.15, -0.1) is 0 Å². The number of hydrogen-bond acceptors (Lipinski definition) is 3. The van der Waals surface area contributed by atoms with Crippen LogP contribution >= 0.6 is 11.8 Å². The molecule has 0 bridgehead atoms. The Morgan fingerprint density at radius 3 is 2.82 bits per heavy atom. The summed E-state index contributed by atoms with van der Waals surface area (Å²) in [6.07, 6.45) is 1.16. The Kier molecular flexibility index (Phi) is 7.13. The van der Waals surface area contributed by atoms with Gasteiger partial charge in [-0.3, -0.25) is 0 Å². The molecule has 0 spiro atoms. The van der Waals surface area contributed by atoms with Crippen LogP contribution in [-0.4, -0.2) is 25.2 Å². The Bertz CT molecular complexity index is 309. The third kappa shape index (κ3) is 5.00. The first-order valence-electron chi connectivity index (χ1n) is 6.26. The minimum atomic E-state index is 0.426. The lowest BCUT2D eigenvalue weighted by atomic mass is 10.1. The van der Waals surface area contributed by atoms with Crippen molar-refractivity contribution in [3.63, 3.8) is 0 Å². The molecule has 1 unspecified atom stereocenters. The zero-order valence-electron chi connectivity index (χ0n) is 11.0. The van der Waals surface area contributed by atoms with Crippen molar-refractivity contribution in [1.82, 2.24) is 5.32 Å². The molecule has 0 aromatic heterocycles. The van der Waals surface area contributed by atoms with E-state index < -0.39 is 0 Å². The summed E-state index contributed by atoms with van der Waals surface area (Å²) in [6, 6.07) is 8.78. The summed E-state index contributed by atoms with van der Waals surface area (Å²) in [6.45, 7) is 5.46. The largest absolute Gasteiger partial charge is 0.497 e. The van der Waals surface area contributed by atoms with E-state index >= 15 is 0 Å². The zero-order valence-corrected chi connectivity index (χ0v) is 11.8. The van der Waals surface area contributed by atoms with Gasteiger partial charge in [0.1, 0.15) is 5.75 Å². The summed E-state index contributed by atoms with van der Waals surface area (Å²) in [5.41, 5.74) is 1.32. The first-order valence-corrected chi connectivity index (χ1v) is 7.42. The van der Waals surface area contributed by atoms with E-state index in [0.717, 1.165) is 30.2 Å². The van der Waals surface area contributed by atoms with E-state index in [1.807, 2.05) is 17.8 Å². The van der Waals surface area contributed by atoms with E-state index in [1.54, 1.807) is 7.11 Å². The molecule has 1 atom stereocenters. The minimum absolute atomic E-state index is 0.426. The van der Waals surface area contributed by atoms with Gasteiger partial charge in [-0.2, -0.15) is 11.8 Å². The minimum Gasteiger partial charge on any atom is -0.497 e. The molecule has 17 heavy (non-hydrogen) atoms. The number of benzene rings is 1. The molecule has 0 heterocycles. The van der Waals surface area contributed by atoms with Gasteiger partial charge in [-0.1, -0.05) is 26.0 Å². The quantitative estimate of drug-likeness (QED) is 0.766. The van der Waals surface area contributed by atoms with Gasteiger partial charge < -0.3 is 10.1 Å². The van der Waals surface area contributed by atoms with Gasteiger partial charge in [0.15, 0.2) is 0 Å². The van der Waals surface area contributed by atoms with E-state index in [4.69, 9.17) is 4.74 Å².